The van der Waals surface area contributed by atoms with Crippen molar-refractivity contribution in [1.82, 2.24) is 0 Å². The van der Waals surface area contributed by atoms with E-state index in [4.69, 9.17) is 0 Å². The van der Waals surface area contributed by atoms with Gasteiger partial charge < -0.3 is 10.0 Å². The number of nitrogens with zero attached hydrogens (tertiary/aromatic N) is 2. The van der Waals surface area contributed by atoms with Gasteiger partial charge >= 0.3 is 0 Å². The molecule has 0 aliphatic heterocycles. The molecule has 0 unspecified atom stereocenters. The highest BCUT2D eigenvalue weighted by Crippen LogP contribution is 2.30. The van der Waals surface area contributed by atoms with Crippen molar-refractivity contribution >= 4 is 11.4 Å². The van der Waals surface area contributed by atoms with Crippen molar-refractivity contribution in [2.75, 3.05) is 18.1 Å². The molecule has 0 radical (unpaired) electrons. The first kappa shape index (κ1) is 13.8. The minimum absolute atomic E-state index is 0.0297. The number of non-ortho nitro benzene ring substituents is 1. The van der Waals surface area contributed by atoms with Gasteiger partial charge in [0.05, 0.1) is 11.5 Å². The van der Waals surface area contributed by atoms with E-state index in [9.17, 15) is 15.2 Å². The van der Waals surface area contributed by atoms with Crippen LogP contribution in [0.2, 0.25) is 0 Å². The molecule has 0 amide bonds. The van der Waals surface area contributed by atoms with E-state index in [1.165, 1.54) is 31.4 Å². The number of aliphatic hydroxyl groups is 1. The molecule has 0 heterocycles. The third kappa shape index (κ3) is 3.23. The lowest BCUT2D eigenvalue weighted by atomic mass is 9.84. The van der Waals surface area contributed by atoms with Crippen molar-refractivity contribution in [3.8, 4) is 0 Å². The van der Waals surface area contributed by atoms with Gasteiger partial charge in [0, 0.05) is 30.4 Å². The number of benzene rings is 1. The van der Waals surface area contributed by atoms with Crippen LogP contribution in [0.15, 0.2) is 24.3 Å². The Hall–Kier alpha value is -1.62. The van der Waals surface area contributed by atoms with Crippen molar-refractivity contribution in [3.05, 3.63) is 34.4 Å². The first-order valence-corrected chi connectivity index (χ1v) is 6.73. The summed E-state index contributed by atoms with van der Waals surface area (Å²) in [6.07, 6.45) is 3.76. The topological polar surface area (TPSA) is 66.6 Å². The molecular weight excluding hydrogens is 244 g/mol. The van der Waals surface area contributed by atoms with Crippen molar-refractivity contribution in [3.63, 3.8) is 0 Å². The smallest absolute Gasteiger partial charge is 0.269 e. The van der Waals surface area contributed by atoms with Gasteiger partial charge in [0.15, 0.2) is 0 Å². The second kappa shape index (κ2) is 6.02. The van der Waals surface area contributed by atoms with Crippen LogP contribution in [0.25, 0.3) is 0 Å². The van der Waals surface area contributed by atoms with E-state index in [2.05, 4.69) is 4.90 Å². The molecule has 5 nitrogen and oxygen atoms in total. The third-order valence-corrected chi connectivity index (χ3v) is 3.87. The van der Waals surface area contributed by atoms with Gasteiger partial charge in [0.2, 0.25) is 0 Å². The Bertz CT molecular complexity index is 429. The van der Waals surface area contributed by atoms with Crippen molar-refractivity contribution in [1.29, 1.82) is 0 Å². The molecule has 2 rings (SSSR count). The summed E-state index contributed by atoms with van der Waals surface area (Å²) in [5.74, 6) is 0.684. The molecule has 104 valence electrons. The maximum atomic E-state index is 10.7. The minimum Gasteiger partial charge on any atom is -0.394 e. The predicted octanol–water partition coefficient (Wildman–Crippen LogP) is 2.58. The zero-order valence-corrected chi connectivity index (χ0v) is 11.2. The summed E-state index contributed by atoms with van der Waals surface area (Å²) in [5, 5.41) is 20.0. The van der Waals surface area contributed by atoms with Gasteiger partial charge in [0.1, 0.15) is 0 Å². The second-order valence-electron chi connectivity index (χ2n) is 5.25. The lowest BCUT2D eigenvalue weighted by Gasteiger charge is -2.37. The van der Waals surface area contributed by atoms with Crippen LogP contribution in [0.5, 0.6) is 0 Å². The molecule has 5 heteroatoms. The molecule has 0 aromatic heterocycles. The molecule has 1 aliphatic rings. The lowest BCUT2D eigenvalue weighted by Crippen LogP contribution is -2.40. The fourth-order valence-electron chi connectivity index (χ4n) is 2.36. The van der Waals surface area contributed by atoms with E-state index >= 15 is 0 Å². The van der Waals surface area contributed by atoms with Crippen LogP contribution in [-0.2, 0) is 0 Å². The quantitative estimate of drug-likeness (QED) is 0.633. The molecule has 19 heavy (non-hydrogen) atoms. The second-order valence-corrected chi connectivity index (χ2v) is 5.25. The van der Waals surface area contributed by atoms with E-state index in [1.807, 2.05) is 6.92 Å². The monoisotopic (exact) mass is 264 g/mol. The van der Waals surface area contributed by atoms with Gasteiger partial charge in [-0.2, -0.15) is 0 Å². The normalized spacial score (nSPS) is 16.7. The van der Waals surface area contributed by atoms with E-state index in [0.29, 0.717) is 5.92 Å². The first-order valence-electron chi connectivity index (χ1n) is 6.73. The Morgan fingerprint density at radius 1 is 1.42 bits per heavy atom. The Kier molecular flexibility index (Phi) is 4.37. The maximum Gasteiger partial charge on any atom is 0.269 e. The van der Waals surface area contributed by atoms with Gasteiger partial charge in [-0.25, -0.2) is 0 Å². The summed E-state index contributed by atoms with van der Waals surface area (Å²) >= 11 is 0. The zero-order chi connectivity index (χ0) is 13.8. The van der Waals surface area contributed by atoms with E-state index in [1.54, 1.807) is 12.1 Å². The first-order chi connectivity index (χ1) is 9.11. The lowest BCUT2D eigenvalue weighted by molar-refractivity contribution is -0.384. The number of nitro benzene ring substituents is 1. The van der Waals surface area contributed by atoms with Gasteiger partial charge in [-0.3, -0.25) is 10.1 Å². The summed E-state index contributed by atoms with van der Waals surface area (Å²) in [5.41, 5.74) is 1.04. The van der Waals surface area contributed by atoms with E-state index in [-0.39, 0.29) is 18.3 Å². The van der Waals surface area contributed by atoms with Gasteiger partial charge in [-0.15, -0.1) is 0 Å². The average molecular weight is 264 g/mol. The van der Waals surface area contributed by atoms with Crippen LogP contribution in [0, 0.1) is 16.0 Å². The zero-order valence-electron chi connectivity index (χ0n) is 11.2. The van der Waals surface area contributed by atoms with Crippen LogP contribution in [0.3, 0.4) is 0 Å². The summed E-state index contributed by atoms with van der Waals surface area (Å²) in [6.45, 7) is 2.98. The molecule has 1 N–H and O–H groups in total. The minimum atomic E-state index is -0.393. The molecule has 1 aromatic rings. The third-order valence-electron chi connectivity index (χ3n) is 3.87. The summed E-state index contributed by atoms with van der Waals surface area (Å²) in [4.78, 5) is 12.4. The molecule has 1 atom stereocenters. The maximum absolute atomic E-state index is 10.7. The Morgan fingerprint density at radius 3 is 2.47 bits per heavy atom. The molecule has 1 aliphatic carbocycles. The number of anilines is 1. The predicted molar refractivity (Wildman–Crippen MR) is 74.3 cm³/mol. The fourth-order valence-corrected chi connectivity index (χ4v) is 2.36. The highest BCUT2D eigenvalue weighted by atomic mass is 16.6. The van der Waals surface area contributed by atoms with E-state index in [0.717, 1.165) is 12.2 Å². The van der Waals surface area contributed by atoms with Gasteiger partial charge in [-0.1, -0.05) is 6.42 Å². The molecule has 1 aromatic carbocycles. The molecule has 1 fully saturated rings. The summed E-state index contributed by atoms with van der Waals surface area (Å²) in [7, 11) is 0. The molecule has 0 spiro atoms. The number of hydrogen-bond donors (Lipinski definition) is 1. The van der Waals surface area contributed by atoms with Crippen LogP contribution in [-0.4, -0.2) is 29.2 Å². The van der Waals surface area contributed by atoms with Crippen LogP contribution in [0.1, 0.15) is 26.2 Å². The highest BCUT2D eigenvalue weighted by molar-refractivity contribution is 5.51. The summed E-state index contributed by atoms with van der Waals surface area (Å²) in [6, 6.07) is 6.61. The standard InChI is InChI=1S/C14H20N2O3/c1-11(10-17)15(9-12-3-2-4-12)13-5-7-14(8-6-13)16(18)19/h5-8,11-12,17H,2-4,9-10H2,1H3/t11-/m1/s1. The highest BCUT2D eigenvalue weighted by Gasteiger charge is 2.23. The Labute approximate surface area is 113 Å². The fraction of sp³-hybridized carbons (Fsp3) is 0.571. The van der Waals surface area contributed by atoms with E-state index < -0.39 is 4.92 Å². The van der Waals surface area contributed by atoms with Crippen molar-refractivity contribution in [2.45, 2.75) is 32.2 Å². The number of hydrogen-bond acceptors (Lipinski definition) is 4. The number of rotatable bonds is 6. The number of nitro groups is 1. The SMILES string of the molecule is C[C@H](CO)N(CC1CCC1)c1ccc([N+](=O)[O-])cc1. The van der Waals surface area contributed by atoms with Crippen LogP contribution < -0.4 is 4.90 Å². The summed E-state index contributed by atoms with van der Waals surface area (Å²) < 4.78 is 0. The van der Waals surface area contributed by atoms with Crippen molar-refractivity contribution in [2.24, 2.45) is 5.92 Å². The Morgan fingerprint density at radius 2 is 2.05 bits per heavy atom. The van der Waals surface area contributed by atoms with Crippen LogP contribution >= 0.6 is 0 Å². The average Bonchev–Trinajstić information content (AvgIpc) is 2.37. The molecule has 0 saturated heterocycles. The molecule has 1 saturated carbocycles. The Balaban J connectivity index is 2.13. The van der Waals surface area contributed by atoms with Crippen LogP contribution in [0.4, 0.5) is 11.4 Å². The molecule has 0 bridgehead atoms. The number of aliphatic hydroxyl groups excluding tert-OH is 1. The largest absolute Gasteiger partial charge is 0.394 e. The van der Waals surface area contributed by atoms with Gasteiger partial charge in [-0.05, 0) is 37.8 Å². The van der Waals surface area contributed by atoms with Crippen molar-refractivity contribution < 1.29 is 10.0 Å². The molecular formula is C14H20N2O3. The van der Waals surface area contributed by atoms with Gasteiger partial charge in [0.25, 0.3) is 5.69 Å².